The van der Waals surface area contributed by atoms with Crippen LogP contribution in [0.25, 0.3) is 0 Å². The lowest BCUT2D eigenvalue weighted by Crippen LogP contribution is -2.21. The van der Waals surface area contributed by atoms with E-state index in [0.29, 0.717) is 11.7 Å². The Balaban J connectivity index is 2.14. The van der Waals surface area contributed by atoms with Crippen molar-refractivity contribution in [2.45, 2.75) is 45.4 Å². The van der Waals surface area contributed by atoms with E-state index >= 15 is 0 Å². The van der Waals surface area contributed by atoms with E-state index < -0.39 is 0 Å². The van der Waals surface area contributed by atoms with Gasteiger partial charge in [-0.15, -0.1) is 0 Å². The van der Waals surface area contributed by atoms with E-state index in [1.807, 2.05) is 6.08 Å². The second kappa shape index (κ2) is 3.65. The summed E-state index contributed by atoms with van der Waals surface area (Å²) >= 11 is 0. The van der Waals surface area contributed by atoms with Gasteiger partial charge < -0.3 is 0 Å². The fraction of sp³-hybridized carbons (Fsp3) is 0.750. The molecule has 2 aliphatic carbocycles. The fourth-order valence-corrected chi connectivity index (χ4v) is 2.95. The average Bonchev–Trinajstić information content (AvgIpc) is 2.52. The molecule has 0 amide bonds. The Morgan fingerprint density at radius 2 is 2.38 bits per heavy atom. The molecule has 0 saturated heterocycles. The number of hydrogen-bond acceptors (Lipinski definition) is 1. The number of allylic oxidation sites excluding steroid dienone is 2. The maximum atomic E-state index is 11.4. The van der Waals surface area contributed by atoms with Crippen molar-refractivity contribution >= 4 is 5.78 Å². The predicted molar refractivity (Wildman–Crippen MR) is 53.4 cm³/mol. The summed E-state index contributed by atoms with van der Waals surface area (Å²) in [6, 6.07) is 0. The van der Waals surface area contributed by atoms with E-state index in [0.717, 1.165) is 12.3 Å². The number of hydrogen-bond donors (Lipinski definition) is 0. The maximum Gasteiger partial charge on any atom is 0.155 e. The Labute approximate surface area is 80.2 Å². The summed E-state index contributed by atoms with van der Waals surface area (Å²) in [6.45, 7) is 2.22. The predicted octanol–water partition coefficient (Wildman–Crippen LogP) is 3.10. The van der Waals surface area contributed by atoms with E-state index in [2.05, 4.69) is 6.92 Å². The van der Waals surface area contributed by atoms with Gasteiger partial charge in [0.1, 0.15) is 0 Å². The van der Waals surface area contributed by atoms with Gasteiger partial charge in [-0.2, -0.15) is 0 Å². The van der Waals surface area contributed by atoms with E-state index in [4.69, 9.17) is 0 Å². The molecule has 2 aliphatic rings. The Kier molecular flexibility index (Phi) is 2.52. The van der Waals surface area contributed by atoms with Crippen molar-refractivity contribution in [3.05, 3.63) is 11.6 Å². The van der Waals surface area contributed by atoms with Gasteiger partial charge in [0, 0.05) is 6.42 Å². The fourth-order valence-electron chi connectivity index (χ4n) is 2.95. The molecule has 13 heavy (non-hydrogen) atoms. The number of rotatable bonds is 2. The Hall–Kier alpha value is -0.590. The molecule has 0 aliphatic heterocycles. The van der Waals surface area contributed by atoms with E-state index in [-0.39, 0.29) is 0 Å². The smallest absolute Gasteiger partial charge is 0.155 e. The minimum Gasteiger partial charge on any atom is -0.295 e. The van der Waals surface area contributed by atoms with Gasteiger partial charge in [0.05, 0.1) is 0 Å². The first kappa shape index (κ1) is 8.98. The summed E-state index contributed by atoms with van der Waals surface area (Å²) in [5, 5.41) is 0. The van der Waals surface area contributed by atoms with Crippen LogP contribution in [0.1, 0.15) is 45.4 Å². The molecule has 0 heterocycles. The molecule has 72 valence electrons. The molecule has 0 aromatic heterocycles. The van der Waals surface area contributed by atoms with Crippen LogP contribution in [-0.2, 0) is 4.79 Å². The zero-order valence-corrected chi connectivity index (χ0v) is 8.38. The van der Waals surface area contributed by atoms with Crippen LogP contribution in [0.5, 0.6) is 0 Å². The molecule has 2 unspecified atom stereocenters. The Morgan fingerprint density at radius 3 is 3.15 bits per heavy atom. The van der Waals surface area contributed by atoms with Crippen LogP contribution >= 0.6 is 0 Å². The SMILES string of the molecule is CCCC1CC(=O)C=C2CCCC21. The van der Waals surface area contributed by atoms with Crippen molar-refractivity contribution in [3.8, 4) is 0 Å². The molecule has 1 fully saturated rings. The molecule has 0 N–H and O–H groups in total. The monoisotopic (exact) mass is 178 g/mol. The van der Waals surface area contributed by atoms with E-state index in [1.165, 1.54) is 37.7 Å². The summed E-state index contributed by atoms with van der Waals surface area (Å²) in [5.41, 5.74) is 1.47. The minimum absolute atomic E-state index is 0.381. The molecule has 0 aromatic carbocycles. The molecular formula is C12H18O. The minimum atomic E-state index is 0.381. The second-order valence-electron chi connectivity index (χ2n) is 4.44. The van der Waals surface area contributed by atoms with Crippen LogP contribution < -0.4 is 0 Å². The van der Waals surface area contributed by atoms with Crippen LogP contribution in [-0.4, -0.2) is 5.78 Å². The maximum absolute atomic E-state index is 11.4. The molecule has 0 spiro atoms. The van der Waals surface area contributed by atoms with Gasteiger partial charge >= 0.3 is 0 Å². The first-order chi connectivity index (χ1) is 6.31. The van der Waals surface area contributed by atoms with Gasteiger partial charge in [-0.3, -0.25) is 4.79 Å². The van der Waals surface area contributed by atoms with Gasteiger partial charge in [0.15, 0.2) is 5.78 Å². The molecular weight excluding hydrogens is 160 g/mol. The normalized spacial score (nSPS) is 33.0. The van der Waals surface area contributed by atoms with Gasteiger partial charge in [-0.1, -0.05) is 18.9 Å². The van der Waals surface area contributed by atoms with Crippen molar-refractivity contribution in [2.24, 2.45) is 11.8 Å². The topological polar surface area (TPSA) is 17.1 Å². The molecule has 1 saturated carbocycles. The average molecular weight is 178 g/mol. The molecule has 0 aromatic rings. The lowest BCUT2D eigenvalue weighted by atomic mass is 9.77. The summed E-state index contributed by atoms with van der Waals surface area (Å²) in [7, 11) is 0. The van der Waals surface area contributed by atoms with Crippen molar-refractivity contribution in [3.63, 3.8) is 0 Å². The molecule has 1 heteroatoms. The molecule has 2 rings (SSSR count). The number of carbonyl (C=O) groups excluding carboxylic acids is 1. The summed E-state index contributed by atoms with van der Waals surface area (Å²) in [6.07, 6.45) is 9.06. The molecule has 2 atom stereocenters. The van der Waals surface area contributed by atoms with Crippen molar-refractivity contribution in [1.29, 1.82) is 0 Å². The lowest BCUT2D eigenvalue weighted by Gasteiger charge is -2.27. The standard InChI is InChI=1S/C12H18O/c1-2-4-9-7-11(13)8-10-5-3-6-12(9)10/h8-9,12H,2-7H2,1H3. The van der Waals surface area contributed by atoms with Crippen molar-refractivity contribution < 1.29 is 4.79 Å². The highest BCUT2D eigenvalue weighted by molar-refractivity contribution is 5.91. The van der Waals surface area contributed by atoms with Crippen LogP contribution in [0, 0.1) is 11.8 Å². The highest BCUT2D eigenvalue weighted by Gasteiger charge is 2.33. The van der Waals surface area contributed by atoms with Gasteiger partial charge in [-0.25, -0.2) is 0 Å². The summed E-state index contributed by atoms with van der Waals surface area (Å²) in [4.78, 5) is 11.4. The van der Waals surface area contributed by atoms with E-state index in [9.17, 15) is 4.79 Å². The summed E-state index contributed by atoms with van der Waals surface area (Å²) in [5.74, 6) is 1.84. The van der Waals surface area contributed by atoms with Crippen LogP contribution in [0.15, 0.2) is 11.6 Å². The number of carbonyl (C=O) groups is 1. The van der Waals surface area contributed by atoms with E-state index in [1.54, 1.807) is 0 Å². The third-order valence-electron chi connectivity index (χ3n) is 3.50. The Morgan fingerprint density at radius 1 is 1.54 bits per heavy atom. The number of fused-ring (bicyclic) bond motifs is 1. The van der Waals surface area contributed by atoms with Gasteiger partial charge in [0.2, 0.25) is 0 Å². The highest BCUT2D eigenvalue weighted by atomic mass is 16.1. The third kappa shape index (κ3) is 1.70. The first-order valence-corrected chi connectivity index (χ1v) is 5.54. The molecule has 0 bridgehead atoms. The molecule has 0 radical (unpaired) electrons. The van der Waals surface area contributed by atoms with Crippen LogP contribution in [0.4, 0.5) is 0 Å². The van der Waals surface area contributed by atoms with Gasteiger partial charge in [0.25, 0.3) is 0 Å². The molecule has 1 nitrogen and oxygen atoms in total. The van der Waals surface area contributed by atoms with Crippen LogP contribution in [0.3, 0.4) is 0 Å². The quantitative estimate of drug-likeness (QED) is 0.635. The van der Waals surface area contributed by atoms with Crippen molar-refractivity contribution in [2.75, 3.05) is 0 Å². The third-order valence-corrected chi connectivity index (χ3v) is 3.50. The van der Waals surface area contributed by atoms with Crippen LogP contribution in [0.2, 0.25) is 0 Å². The largest absolute Gasteiger partial charge is 0.295 e. The zero-order valence-electron chi connectivity index (χ0n) is 8.38. The first-order valence-electron chi connectivity index (χ1n) is 5.54. The van der Waals surface area contributed by atoms with Crippen molar-refractivity contribution in [1.82, 2.24) is 0 Å². The van der Waals surface area contributed by atoms with Gasteiger partial charge in [-0.05, 0) is 43.6 Å². The zero-order chi connectivity index (χ0) is 9.26. The lowest BCUT2D eigenvalue weighted by molar-refractivity contribution is -0.116. The highest BCUT2D eigenvalue weighted by Crippen LogP contribution is 2.42. The second-order valence-corrected chi connectivity index (χ2v) is 4.44. The number of ketones is 1. The summed E-state index contributed by atoms with van der Waals surface area (Å²) < 4.78 is 0. The Bertz CT molecular complexity index is 240.